The van der Waals surface area contributed by atoms with Gasteiger partial charge in [0.15, 0.2) is 0 Å². The molecule has 0 fully saturated rings. The average Bonchev–Trinajstić information content (AvgIpc) is 2.90. The van der Waals surface area contributed by atoms with Gasteiger partial charge in [0.05, 0.1) is 33.0 Å². The Hall–Kier alpha value is -0.650. The van der Waals surface area contributed by atoms with E-state index < -0.39 is 0 Å². The van der Waals surface area contributed by atoms with Crippen LogP contribution in [0.1, 0.15) is 155 Å². The van der Waals surface area contributed by atoms with E-state index in [1.165, 1.54) is 116 Å². The summed E-state index contributed by atoms with van der Waals surface area (Å²) in [6.45, 7) is 8.45. The third-order valence-electron chi connectivity index (χ3n) is 6.86. The van der Waals surface area contributed by atoms with E-state index in [1.54, 1.807) is 0 Å². The first-order valence-corrected chi connectivity index (χ1v) is 16.2. The summed E-state index contributed by atoms with van der Waals surface area (Å²) in [5.74, 6) is -0.100. The Morgan fingerprint density at radius 2 is 0.703 bits per heavy atom. The third kappa shape index (κ3) is 33.3. The van der Waals surface area contributed by atoms with Crippen LogP contribution < -0.4 is 0 Å². The molecule has 0 aromatic carbocycles. The van der Waals surface area contributed by atoms with Gasteiger partial charge in [-0.1, -0.05) is 136 Å². The zero-order valence-corrected chi connectivity index (χ0v) is 25.0. The van der Waals surface area contributed by atoms with Gasteiger partial charge in [-0.2, -0.15) is 0 Å². The van der Waals surface area contributed by atoms with Gasteiger partial charge >= 0.3 is 5.97 Å². The van der Waals surface area contributed by atoms with Crippen molar-refractivity contribution in [1.82, 2.24) is 0 Å². The highest BCUT2D eigenvalue weighted by Crippen LogP contribution is 2.13. The Morgan fingerprint density at radius 3 is 1.14 bits per heavy atom. The molecule has 0 atom stereocenters. The Balaban J connectivity index is 3.13. The van der Waals surface area contributed by atoms with Crippen molar-refractivity contribution in [2.75, 3.05) is 46.2 Å². The summed E-state index contributed by atoms with van der Waals surface area (Å²) in [6, 6.07) is 0. The molecule has 222 valence electrons. The Kier molecular flexibility index (Phi) is 32.8. The molecular formula is C32H64O5. The number of carbonyl (C=O) groups is 1. The molecular weight excluding hydrogens is 464 g/mol. The van der Waals surface area contributed by atoms with Crippen molar-refractivity contribution < 1.29 is 23.7 Å². The molecule has 0 saturated heterocycles. The zero-order chi connectivity index (χ0) is 26.9. The number of unbranched alkanes of at least 4 members (excludes halogenated alkanes) is 19. The van der Waals surface area contributed by atoms with Crippen molar-refractivity contribution in [3.63, 3.8) is 0 Å². The third-order valence-corrected chi connectivity index (χ3v) is 6.86. The lowest BCUT2D eigenvalue weighted by Crippen LogP contribution is -2.14. The maximum Gasteiger partial charge on any atom is 0.305 e. The molecule has 0 amide bonds. The van der Waals surface area contributed by atoms with Crippen LogP contribution in [0.25, 0.3) is 0 Å². The zero-order valence-electron chi connectivity index (χ0n) is 25.0. The fourth-order valence-electron chi connectivity index (χ4n) is 4.45. The molecule has 5 heteroatoms. The fraction of sp³-hybridized carbons (Fsp3) is 0.969. The molecule has 37 heavy (non-hydrogen) atoms. The van der Waals surface area contributed by atoms with E-state index >= 15 is 0 Å². The van der Waals surface area contributed by atoms with Gasteiger partial charge in [-0.3, -0.25) is 4.79 Å². The molecule has 0 unspecified atom stereocenters. The summed E-state index contributed by atoms with van der Waals surface area (Å²) >= 11 is 0. The van der Waals surface area contributed by atoms with Crippen LogP contribution in [-0.2, 0) is 23.7 Å². The number of hydrogen-bond donors (Lipinski definition) is 0. The molecule has 0 bridgehead atoms. The van der Waals surface area contributed by atoms with Crippen LogP contribution in [0.3, 0.4) is 0 Å². The minimum Gasteiger partial charge on any atom is -0.463 e. The molecule has 0 aliphatic heterocycles. The SMILES string of the molecule is CCCCCCCCCCCCCCCC(=O)OCCOCCOCCOCCCCCCCCCC. The van der Waals surface area contributed by atoms with Gasteiger partial charge in [0.1, 0.15) is 6.61 Å². The summed E-state index contributed by atoms with van der Waals surface area (Å²) in [4.78, 5) is 11.8. The minimum absolute atomic E-state index is 0.100. The van der Waals surface area contributed by atoms with Crippen molar-refractivity contribution in [2.24, 2.45) is 0 Å². The van der Waals surface area contributed by atoms with Gasteiger partial charge in [0, 0.05) is 13.0 Å². The molecule has 0 aromatic rings. The predicted octanol–water partition coefficient (Wildman–Crippen LogP) is 9.20. The van der Waals surface area contributed by atoms with E-state index in [0.29, 0.717) is 46.1 Å². The molecule has 0 aliphatic rings. The quantitative estimate of drug-likeness (QED) is 0.0643. The number of esters is 1. The van der Waals surface area contributed by atoms with Crippen LogP contribution >= 0.6 is 0 Å². The number of rotatable bonds is 32. The second kappa shape index (κ2) is 33.4. The van der Waals surface area contributed by atoms with Crippen LogP contribution in [-0.4, -0.2) is 52.2 Å². The summed E-state index contributed by atoms with van der Waals surface area (Å²) in [5, 5.41) is 0. The lowest BCUT2D eigenvalue weighted by Gasteiger charge is -2.08. The van der Waals surface area contributed by atoms with Gasteiger partial charge in [-0.25, -0.2) is 0 Å². The number of ether oxygens (including phenoxy) is 4. The van der Waals surface area contributed by atoms with Crippen LogP contribution in [0, 0.1) is 0 Å². The average molecular weight is 529 g/mol. The van der Waals surface area contributed by atoms with Crippen LogP contribution in [0.2, 0.25) is 0 Å². The predicted molar refractivity (Wildman–Crippen MR) is 156 cm³/mol. The summed E-state index contributed by atoms with van der Waals surface area (Å²) in [6.07, 6.45) is 28.2. The smallest absolute Gasteiger partial charge is 0.305 e. The second-order valence-electron chi connectivity index (χ2n) is 10.5. The van der Waals surface area contributed by atoms with E-state index in [4.69, 9.17) is 18.9 Å². The molecule has 0 rings (SSSR count). The van der Waals surface area contributed by atoms with E-state index in [2.05, 4.69) is 13.8 Å². The van der Waals surface area contributed by atoms with Crippen molar-refractivity contribution in [3.05, 3.63) is 0 Å². The monoisotopic (exact) mass is 528 g/mol. The summed E-state index contributed by atoms with van der Waals surface area (Å²) in [5.41, 5.74) is 0. The van der Waals surface area contributed by atoms with Crippen molar-refractivity contribution in [3.8, 4) is 0 Å². The molecule has 0 saturated carbocycles. The lowest BCUT2D eigenvalue weighted by atomic mass is 10.0. The topological polar surface area (TPSA) is 54.0 Å². The fourth-order valence-corrected chi connectivity index (χ4v) is 4.45. The molecule has 0 aromatic heterocycles. The lowest BCUT2D eigenvalue weighted by molar-refractivity contribution is -0.145. The van der Waals surface area contributed by atoms with E-state index in [-0.39, 0.29) is 5.97 Å². The largest absolute Gasteiger partial charge is 0.463 e. The summed E-state index contributed by atoms with van der Waals surface area (Å²) < 4.78 is 21.8. The van der Waals surface area contributed by atoms with Crippen molar-refractivity contribution in [2.45, 2.75) is 155 Å². The van der Waals surface area contributed by atoms with Crippen molar-refractivity contribution >= 4 is 5.97 Å². The van der Waals surface area contributed by atoms with Gasteiger partial charge in [-0.05, 0) is 12.8 Å². The molecule has 0 N–H and O–H groups in total. The Bertz CT molecular complexity index is 429. The normalized spacial score (nSPS) is 11.3. The first-order valence-electron chi connectivity index (χ1n) is 16.2. The Morgan fingerprint density at radius 1 is 0.378 bits per heavy atom. The highest BCUT2D eigenvalue weighted by molar-refractivity contribution is 5.69. The van der Waals surface area contributed by atoms with E-state index in [9.17, 15) is 4.79 Å². The highest BCUT2D eigenvalue weighted by atomic mass is 16.6. The van der Waals surface area contributed by atoms with Gasteiger partial charge < -0.3 is 18.9 Å². The van der Waals surface area contributed by atoms with Gasteiger partial charge in [0.25, 0.3) is 0 Å². The first kappa shape index (κ1) is 36.4. The molecule has 0 aliphatic carbocycles. The highest BCUT2D eigenvalue weighted by Gasteiger charge is 2.03. The van der Waals surface area contributed by atoms with Gasteiger partial charge in [-0.15, -0.1) is 0 Å². The minimum atomic E-state index is -0.100. The van der Waals surface area contributed by atoms with Crippen molar-refractivity contribution in [1.29, 1.82) is 0 Å². The molecule has 0 heterocycles. The van der Waals surface area contributed by atoms with Gasteiger partial charge in [0.2, 0.25) is 0 Å². The van der Waals surface area contributed by atoms with E-state index in [1.807, 2.05) is 0 Å². The molecule has 5 nitrogen and oxygen atoms in total. The first-order chi connectivity index (χ1) is 18.3. The Labute approximate surface area is 231 Å². The molecule has 0 spiro atoms. The van der Waals surface area contributed by atoms with Crippen LogP contribution in [0.5, 0.6) is 0 Å². The van der Waals surface area contributed by atoms with Crippen LogP contribution in [0.4, 0.5) is 0 Å². The maximum atomic E-state index is 11.8. The second-order valence-corrected chi connectivity index (χ2v) is 10.5. The number of hydrogen-bond acceptors (Lipinski definition) is 5. The molecule has 0 radical (unpaired) electrons. The summed E-state index contributed by atoms with van der Waals surface area (Å²) in [7, 11) is 0. The maximum absolute atomic E-state index is 11.8. The number of carbonyl (C=O) groups excluding carboxylic acids is 1. The standard InChI is InChI=1S/C32H64O5/c1-3-5-7-9-11-13-14-15-16-17-18-20-22-24-32(33)37-31-30-36-29-28-35-27-26-34-25-23-21-19-12-10-8-6-4-2/h3-31H2,1-2H3. The van der Waals surface area contributed by atoms with Crippen LogP contribution in [0.15, 0.2) is 0 Å². The van der Waals surface area contributed by atoms with E-state index in [0.717, 1.165) is 25.9 Å².